The molecule has 11 nitrogen and oxygen atoms in total. The Labute approximate surface area is 401 Å². The highest BCUT2D eigenvalue weighted by atomic mass is 16.7. The van der Waals surface area contributed by atoms with Crippen LogP contribution in [0.3, 0.4) is 0 Å². The van der Waals surface area contributed by atoms with Crippen molar-refractivity contribution < 1.29 is 49.3 Å². The van der Waals surface area contributed by atoms with E-state index >= 15 is 0 Å². The van der Waals surface area contributed by atoms with Crippen LogP contribution >= 0.6 is 0 Å². The minimum Gasteiger partial charge on any atom is -0.466 e. The van der Waals surface area contributed by atoms with E-state index in [1.54, 1.807) is 6.08 Å². The van der Waals surface area contributed by atoms with Crippen LogP contribution in [0.5, 0.6) is 0 Å². The molecule has 382 valence electrons. The highest BCUT2D eigenvalue weighted by Gasteiger charge is 2.44. The second-order valence-electron chi connectivity index (χ2n) is 18.2. The van der Waals surface area contributed by atoms with Gasteiger partial charge in [-0.05, 0) is 109 Å². The quantitative estimate of drug-likeness (QED) is 0.0196. The van der Waals surface area contributed by atoms with Crippen molar-refractivity contribution in [1.29, 1.82) is 0 Å². The lowest BCUT2D eigenvalue weighted by atomic mass is 9.99. The van der Waals surface area contributed by atoms with E-state index in [1.165, 1.54) is 77.0 Å². The summed E-state index contributed by atoms with van der Waals surface area (Å²) in [6.45, 7) is 4.16. The van der Waals surface area contributed by atoms with Crippen molar-refractivity contribution in [2.24, 2.45) is 0 Å². The number of rotatable bonds is 44. The van der Waals surface area contributed by atoms with Crippen LogP contribution < -0.4 is 5.32 Å². The van der Waals surface area contributed by atoms with Crippen molar-refractivity contribution in [3.8, 4) is 0 Å². The van der Waals surface area contributed by atoms with E-state index in [0.717, 1.165) is 96.3 Å². The highest BCUT2D eigenvalue weighted by molar-refractivity contribution is 5.76. The Morgan fingerprint density at radius 2 is 1.00 bits per heavy atom. The first kappa shape index (κ1) is 61.4. The zero-order chi connectivity index (χ0) is 48.1. The summed E-state index contributed by atoms with van der Waals surface area (Å²) in [6, 6.07) is -0.855. The Morgan fingerprint density at radius 1 is 0.545 bits per heavy atom. The molecule has 0 saturated carbocycles. The van der Waals surface area contributed by atoms with Crippen molar-refractivity contribution in [2.75, 3.05) is 19.8 Å². The summed E-state index contributed by atoms with van der Waals surface area (Å²) in [6.07, 6.45) is 45.8. The number of hydrogen-bond donors (Lipinski definition) is 6. The van der Waals surface area contributed by atoms with Gasteiger partial charge in [0, 0.05) is 12.8 Å². The molecule has 0 aromatic heterocycles. The molecule has 7 unspecified atom stereocenters. The molecule has 1 amide bonds. The van der Waals surface area contributed by atoms with Crippen molar-refractivity contribution in [3.63, 3.8) is 0 Å². The van der Waals surface area contributed by atoms with E-state index in [2.05, 4.69) is 67.8 Å². The van der Waals surface area contributed by atoms with Crippen molar-refractivity contribution in [2.45, 2.75) is 256 Å². The lowest BCUT2D eigenvalue weighted by Gasteiger charge is -2.40. The molecule has 1 fully saturated rings. The van der Waals surface area contributed by atoms with Gasteiger partial charge in [-0.25, -0.2) is 0 Å². The SMILES string of the molecule is CCCC/C=C\CCCCCCCC(=O)OCCCCC/C=C\CCCCCCCC(=O)NC(COC1OC(CO)C(O)C(O)C1O)C(O)/C=C/CC/C=C/CC/C=C/CCCCCCC. The summed E-state index contributed by atoms with van der Waals surface area (Å²) in [7, 11) is 0. The predicted octanol–water partition coefficient (Wildman–Crippen LogP) is 11.1. The van der Waals surface area contributed by atoms with Crippen LogP contribution in [0.2, 0.25) is 0 Å². The molecule has 1 saturated heterocycles. The first-order chi connectivity index (χ1) is 32.2. The zero-order valence-electron chi connectivity index (χ0n) is 41.6. The van der Waals surface area contributed by atoms with Gasteiger partial charge in [0.2, 0.25) is 5.91 Å². The lowest BCUT2D eigenvalue weighted by Crippen LogP contribution is -2.60. The van der Waals surface area contributed by atoms with Gasteiger partial charge in [0.05, 0.1) is 32.0 Å². The summed E-state index contributed by atoms with van der Waals surface area (Å²) >= 11 is 0. The molecule has 0 radical (unpaired) electrons. The van der Waals surface area contributed by atoms with Gasteiger partial charge < -0.3 is 45.1 Å². The van der Waals surface area contributed by atoms with Gasteiger partial charge in [0.15, 0.2) is 6.29 Å². The fourth-order valence-corrected chi connectivity index (χ4v) is 7.73. The van der Waals surface area contributed by atoms with Crippen LogP contribution in [0, 0.1) is 0 Å². The average molecular weight is 932 g/mol. The zero-order valence-corrected chi connectivity index (χ0v) is 41.6. The number of carbonyl (C=O) groups excluding carboxylic acids is 2. The van der Waals surface area contributed by atoms with E-state index in [9.17, 15) is 35.1 Å². The predicted molar refractivity (Wildman–Crippen MR) is 269 cm³/mol. The van der Waals surface area contributed by atoms with Crippen molar-refractivity contribution >= 4 is 11.9 Å². The standard InChI is InChI=1S/C55H97NO10/c1-3-5-7-9-11-13-15-16-17-18-22-25-29-33-37-41-48(58)47(46-65-55-54(63)53(62)52(61)49(45-57)66-55)56-50(59)42-38-34-30-26-23-19-20-24-28-32-36-40-44-64-51(60)43-39-35-31-27-21-14-12-10-8-6-4-2/h10,12,15-16,20,22,24-25,37,41,47-49,52-55,57-58,61-63H,3-9,11,13-14,17-19,21,23,26-36,38-40,42-46H2,1-2H3,(H,56,59)/b12-10-,16-15+,24-20-,25-22+,41-37+. The number of aliphatic hydroxyl groups is 5. The number of allylic oxidation sites excluding steroid dienone is 9. The third-order valence-corrected chi connectivity index (χ3v) is 12.1. The lowest BCUT2D eigenvalue weighted by molar-refractivity contribution is -0.302. The van der Waals surface area contributed by atoms with E-state index in [1.807, 2.05) is 6.08 Å². The van der Waals surface area contributed by atoms with Gasteiger partial charge in [0.25, 0.3) is 0 Å². The Balaban J connectivity index is 2.27. The van der Waals surface area contributed by atoms with Crippen molar-refractivity contribution in [3.05, 3.63) is 60.8 Å². The fourth-order valence-electron chi connectivity index (χ4n) is 7.73. The topological polar surface area (TPSA) is 175 Å². The van der Waals surface area contributed by atoms with Crippen LogP contribution in [0.25, 0.3) is 0 Å². The normalized spacial score (nSPS) is 20.1. The first-order valence-corrected chi connectivity index (χ1v) is 26.6. The van der Waals surface area contributed by atoms with Crippen LogP contribution in [0.1, 0.15) is 213 Å². The Bertz CT molecular complexity index is 1280. The highest BCUT2D eigenvalue weighted by Crippen LogP contribution is 2.22. The molecule has 0 aromatic rings. The minimum absolute atomic E-state index is 0.0608. The molecule has 0 aliphatic carbocycles. The number of amides is 1. The summed E-state index contributed by atoms with van der Waals surface area (Å²) in [5.74, 6) is -0.286. The van der Waals surface area contributed by atoms with Crippen LogP contribution in [-0.2, 0) is 23.8 Å². The van der Waals surface area contributed by atoms with Gasteiger partial charge in [-0.3, -0.25) is 9.59 Å². The summed E-state index contributed by atoms with van der Waals surface area (Å²) in [5.41, 5.74) is 0. The first-order valence-electron chi connectivity index (χ1n) is 26.6. The number of aliphatic hydroxyl groups excluding tert-OH is 5. The summed E-state index contributed by atoms with van der Waals surface area (Å²) < 4.78 is 16.6. The smallest absolute Gasteiger partial charge is 0.305 e. The maximum absolute atomic E-state index is 13.0. The molecule has 7 atom stereocenters. The molecule has 1 aliphatic heterocycles. The van der Waals surface area contributed by atoms with Gasteiger partial charge >= 0.3 is 5.97 Å². The monoisotopic (exact) mass is 932 g/mol. The number of nitrogens with one attached hydrogen (secondary N) is 1. The minimum atomic E-state index is -1.59. The van der Waals surface area contributed by atoms with Gasteiger partial charge in [-0.1, -0.05) is 152 Å². The second kappa shape index (κ2) is 44.8. The number of esters is 1. The molecule has 0 bridgehead atoms. The number of ether oxygens (including phenoxy) is 3. The molecule has 0 aromatic carbocycles. The fraction of sp³-hybridized carbons (Fsp3) is 0.782. The summed E-state index contributed by atoms with van der Waals surface area (Å²) in [4.78, 5) is 25.0. The van der Waals surface area contributed by atoms with Crippen LogP contribution in [0.15, 0.2) is 60.8 Å². The van der Waals surface area contributed by atoms with Crippen molar-refractivity contribution in [1.82, 2.24) is 5.32 Å². The number of unbranched alkanes of at least 4 members (excludes halogenated alkanes) is 22. The van der Waals surface area contributed by atoms with E-state index in [4.69, 9.17) is 14.2 Å². The number of carbonyl (C=O) groups is 2. The number of hydrogen-bond acceptors (Lipinski definition) is 10. The molecular formula is C55H97NO10. The van der Waals surface area contributed by atoms with Gasteiger partial charge in [0.1, 0.15) is 24.4 Å². The van der Waals surface area contributed by atoms with E-state index in [-0.39, 0.29) is 18.5 Å². The van der Waals surface area contributed by atoms with Crippen LogP contribution in [0.4, 0.5) is 0 Å². The van der Waals surface area contributed by atoms with Gasteiger partial charge in [-0.2, -0.15) is 0 Å². The molecular weight excluding hydrogens is 835 g/mol. The van der Waals surface area contributed by atoms with E-state index in [0.29, 0.717) is 32.3 Å². The molecule has 11 heteroatoms. The molecule has 1 heterocycles. The maximum atomic E-state index is 13.0. The third kappa shape index (κ3) is 34.6. The second-order valence-corrected chi connectivity index (χ2v) is 18.2. The molecule has 1 rings (SSSR count). The largest absolute Gasteiger partial charge is 0.466 e. The summed E-state index contributed by atoms with van der Waals surface area (Å²) in [5, 5.41) is 54.3. The molecule has 0 spiro atoms. The van der Waals surface area contributed by atoms with E-state index < -0.39 is 49.5 Å². The van der Waals surface area contributed by atoms with Crippen LogP contribution in [-0.4, -0.2) is 100 Å². The maximum Gasteiger partial charge on any atom is 0.305 e. The Morgan fingerprint density at radius 3 is 1.55 bits per heavy atom. The molecule has 66 heavy (non-hydrogen) atoms. The Kier molecular flexibility index (Phi) is 41.7. The third-order valence-electron chi connectivity index (χ3n) is 12.1. The Hall–Kier alpha value is -2.64. The molecule has 6 N–H and O–H groups in total. The molecule has 1 aliphatic rings. The average Bonchev–Trinajstić information content (AvgIpc) is 3.31. The van der Waals surface area contributed by atoms with Gasteiger partial charge in [-0.15, -0.1) is 0 Å².